The molecule has 0 aliphatic rings. The quantitative estimate of drug-likeness (QED) is 0.296. The average molecular weight is 477 g/mol. The van der Waals surface area contributed by atoms with E-state index in [1.165, 1.54) is 42.7 Å². The van der Waals surface area contributed by atoms with Gasteiger partial charge in [-0.3, -0.25) is 14.7 Å². The van der Waals surface area contributed by atoms with E-state index in [2.05, 4.69) is 15.0 Å². The molecule has 3 aromatic heterocycles. The molecule has 0 aliphatic carbocycles. The summed E-state index contributed by atoms with van der Waals surface area (Å²) >= 11 is 6.44. The summed E-state index contributed by atoms with van der Waals surface area (Å²) in [6.45, 7) is 1.74. The molecule has 0 radical (unpaired) electrons. The first-order valence-corrected chi connectivity index (χ1v) is 10.5. The number of fused-ring (bicyclic) bond motifs is 1. The summed E-state index contributed by atoms with van der Waals surface area (Å²) in [6, 6.07) is 13.4. The first-order valence-electron chi connectivity index (χ1n) is 10.1. The predicted octanol–water partition coefficient (Wildman–Crippen LogP) is 6.50. The van der Waals surface area contributed by atoms with Gasteiger partial charge in [-0.2, -0.15) is 0 Å². The highest BCUT2D eigenvalue weighted by atomic mass is 35.5. The summed E-state index contributed by atoms with van der Waals surface area (Å²) in [5.41, 5.74) is 2.14. The first-order chi connectivity index (χ1) is 16.4. The fourth-order valence-electron chi connectivity index (χ4n) is 3.60. The standard InChI is InChI=1S/C25H15ClF2N4O2/c1-14-31-21-11-18(26)17(10-23(21)34-14)15-6-7-24(30-12-15)32(22-8-9-29-13-20(22)28)25(33)16-4-2-3-5-19(16)27/h2-13H,1H3. The number of halogens is 3. The van der Waals surface area contributed by atoms with Crippen molar-refractivity contribution in [3.63, 3.8) is 0 Å². The van der Waals surface area contributed by atoms with Gasteiger partial charge >= 0.3 is 0 Å². The molecule has 6 nitrogen and oxygen atoms in total. The number of rotatable bonds is 4. The number of aryl methyl sites for hydroxylation is 1. The minimum atomic E-state index is -0.778. The van der Waals surface area contributed by atoms with Crippen LogP contribution in [0.15, 0.2) is 77.6 Å². The zero-order chi connectivity index (χ0) is 23.8. The summed E-state index contributed by atoms with van der Waals surface area (Å²) in [5, 5.41) is 0.440. The fourth-order valence-corrected chi connectivity index (χ4v) is 3.87. The molecule has 3 heterocycles. The smallest absolute Gasteiger partial charge is 0.267 e. The molecule has 0 unspecified atom stereocenters. The monoisotopic (exact) mass is 476 g/mol. The second-order valence-corrected chi connectivity index (χ2v) is 7.79. The Morgan fingerprint density at radius 2 is 1.85 bits per heavy atom. The third kappa shape index (κ3) is 3.88. The molecule has 0 spiro atoms. The molecule has 168 valence electrons. The maximum atomic E-state index is 14.6. The van der Waals surface area contributed by atoms with Gasteiger partial charge in [0.15, 0.2) is 17.3 Å². The van der Waals surface area contributed by atoms with Crippen LogP contribution < -0.4 is 4.90 Å². The van der Waals surface area contributed by atoms with E-state index >= 15 is 0 Å². The summed E-state index contributed by atoms with van der Waals surface area (Å²) < 4.78 is 34.6. The van der Waals surface area contributed by atoms with Crippen LogP contribution in [0.4, 0.5) is 20.3 Å². The Morgan fingerprint density at radius 3 is 2.59 bits per heavy atom. The Balaban J connectivity index is 1.59. The van der Waals surface area contributed by atoms with Crippen LogP contribution in [0, 0.1) is 18.6 Å². The summed E-state index contributed by atoms with van der Waals surface area (Å²) in [4.78, 5) is 26.7. The molecule has 1 amide bonds. The lowest BCUT2D eigenvalue weighted by molar-refractivity contribution is 0.0994. The van der Waals surface area contributed by atoms with Crippen LogP contribution in [0.3, 0.4) is 0 Å². The molecule has 34 heavy (non-hydrogen) atoms. The van der Waals surface area contributed by atoms with Crippen molar-refractivity contribution in [1.82, 2.24) is 15.0 Å². The number of aromatic nitrogens is 3. The van der Waals surface area contributed by atoms with Crippen molar-refractivity contribution < 1.29 is 18.0 Å². The van der Waals surface area contributed by atoms with Crippen molar-refractivity contribution in [2.75, 3.05) is 4.90 Å². The molecule has 0 fully saturated rings. The van der Waals surface area contributed by atoms with E-state index in [0.717, 1.165) is 17.2 Å². The molecule has 0 N–H and O–H groups in total. The zero-order valence-electron chi connectivity index (χ0n) is 17.7. The zero-order valence-corrected chi connectivity index (χ0v) is 18.4. The Labute approximate surface area is 197 Å². The van der Waals surface area contributed by atoms with Gasteiger partial charge in [0.05, 0.1) is 22.5 Å². The molecule has 2 aromatic carbocycles. The number of benzene rings is 2. The van der Waals surface area contributed by atoms with Crippen molar-refractivity contribution in [3.05, 3.63) is 101 Å². The van der Waals surface area contributed by atoms with Crippen molar-refractivity contribution in [1.29, 1.82) is 0 Å². The number of carbonyl (C=O) groups excluding carboxylic acids is 1. The Morgan fingerprint density at radius 1 is 1.03 bits per heavy atom. The van der Waals surface area contributed by atoms with Gasteiger partial charge in [-0.1, -0.05) is 23.7 Å². The van der Waals surface area contributed by atoms with E-state index in [-0.39, 0.29) is 17.1 Å². The Hall–Kier alpha value is -4.17. The molecule has 0 saturated carbocycles. The van der Waals surface area contributed by atoms with Crippen LogP contribution >= 0.6 is 11.6 Å². The maximum Gasteiger partial charge on any atom is 0.267 e. The van der Waals surface area contributed by atoms with Crippen molar-refractivity contribution in [2.45, 2.75) is 6.92 Å². The minimum Gasteiger partial charge on any atom is -0.441 e. The topological polar surface area (TPSA) is 72.1 Å². The lowest BCUT2D eigenvalue weighted by Gasteiger charge is -2.22. The maximum absolute atomic E-state index is 14.6. The molecular weight excluding hydrogens is 462 g/mol. The van der Waals surface area contributed by atoms with Crippen LogP contribution in [0.5, 0.6) is 0 Å². The van der Waals surface area contributed by atoms with Gasteiger partial charge in [-0.05, 0) is 42.5 Å². The van der Waals surface area contributed by atoms with Crippen molar-refractivity contribution >= 4 is 40.1 Å². The molecular formula is C25H15ClF2N4O2. The molecule has 0 saturated heterocycles. The normalized spacial score (nSPS) is 11.1. The summed E-state index contributed by atoms with van der Waals surface area (Å²) in [5.74, 6) is -1.66. The lowest BCUT2D eigenvalue weighted by Crippen LogP contribution is -2.28. The van der Waals surface area contributed by atoms with E-state index in [1.54, 1.807) is 25.1 Å². The van der Waals surface area contributed by atoms with Crippen LogP contribution in [0.2, 0.25) is 5.02 Å². The second kappa shape index (κ2) is 8.64. The SMILES string of the molecule is Cc1nc2cc(Cl)c(-c3ccc(N(C(=O)c4ccccc4F)c4ccncc4F)nc3)cc2o1. The van der Waals surface area contributed by atoms with Gasteiger partial charge in [0.25, 0.3) is 5.91 Å². The van der Waals surface area contributed by atoms with Crippen LogP contribution in [-0.2, 0) is 0 Å². The van der Waals surface area contributed by atoms with Gasteiger partial charge in [0.1, 0.15) is 17.2 Å². The molecule has 9 heteroatoms. The largest absolute Gasteiger partial charge is 0.441 e. The first kappa shape index (κ1) is 21.7. The fraction of sp³-hybridized carbons (Fsp3) is 0.0400. The Kier molecular flexibility index (Phi) is 5.51. The van der Waals surface area contributed by atoms with Gasteiger partial charge < -0.3 is 4.42 Å². The van der Waals surface area contributed by atoms with E-state index in [4.69, 9.17) is 16.0 Å². The van der Waals surface area contributed by atoms with E-state index in [9.17, 15) is 13.6 Å². The van der Waals surface area contributed by atoms with Crippen LogP contribution in [-0.4, -0.2) is 20.9 Å². The van der Waals surface area contributed by atoms with Gasteiger partial charge in [-0.25, -0.2) is 18.7 Å². The highest BCUT2D eigenvalue weighted by Gasteiger charge is 2.26. The molecule has 5 rings (SSSR count). The Bertz CT molecular complexity index is 1540. The van der Waals surface area contributed by atoms with Gasteiger partial charge in [-0.15, -0.1) is 0 Å². The third-order valence-corrected chi connectivity index (χ3v) is 5.48. The number of oxazole rings is 1. The number of amides is 1. The van der Waals surface area contributed by atoms with E-state index in [1.807, 2.05) is 0 Å². The third-order valence-electron chi connectivity index (χ3n) is 5.17. The van der Waals surface area contributed by atoms with Gasteiger partial charge in [0, 0.05) is 30.4 Å². The number of pyridine rings is 2. The van der Waals surface area contributed by atoms with Crippen molar-refractivity contribution in [2.24, 2.45) is 0 Å². The number of hydrogen-bond donors (Lipinski definition) is 0. The number of anilines is 2. The number of carbonyl (C=O) groups is 1. The molecule has 0 bridgehead atoms. The summed E-state index contributed by atoms with van der Waals surface area (Å²) in [7, 11) is 0. The predicted molar refractivity (Wildman–Crippen MR) is 124 cm³/mol. The molecule has 5 aromatic rings. The van der Waals surface area contributed by atoms with Crippen molar-refractivity contribution in [3.8, 4) is 11.1 Å². The number of hydrogen-bond acceptors (Lipinski definition) is 5. The second-order valence-electron chi connectivity index (χ2n) is 7.39. The van der Waals surface area contributed by atoms with Crippen LogP contribution in [0.1, 0.15) is 16.2 Å². The minimum absolute atomic E-state index is 0.0924. The van der Waals surface area contributed by atoms with E-state index < -0.39 is 17.5 Å². The average Bonchev–Trinajstić information content (AvgIpc) is 3.19. The van der Waals surface area contributed by atoms with Gasteiger partial charge in [0.2, 0.25) is 0 Å². The molecule has 0 aliphatic heterocycles. The summed E-state index contributed by atoms with van der Waals surface area (Å²) in [6.07, 6.45) is 3.80. The van der Waals surface area contributed by atoms with E-state index in [0.29, 0.717) is 33.1 Å². The number of nitrogens with zero attached hydrogens (tertiary/aromatic N) is 4. The lowest BCUT2D eigenvalue weighted by atomic mass is 10.1. The highest BCUT2D eigenvalue weighted by molar-refractivity contribution is 6.34. The molecule has 0 atom stereocenters. The van der Waals surface area contributed by atoms with Crippen LogP contribution in [0.25, 0.3) is 22.2 Å². The highest BCUT2D eigenvalue weighted by Crippen LogP contribution is 2.34.